The standard InChI is InChI=1S/C12H19NO2/c1-8-7-10(9(2)15-8)11(13)12(3)5-4-6-14-12/h7,11H,4-6,13H2,1-3H3. The van der Waals surface area contributed by atoms with Gasteiger partial charge in [0.25, 0.3) is 0 Å². The molecule has 0 aromatic carbocycles. The average molecular weight is 209 g/mol. The number of hydrogen-bond acceptors (Lipinski definition) is 3. The van der Waals surface area contributed by atoms with E-state index in [1.807, 2.05) is 19.9 Å². The highest BCUT2D eigenvalue weighted by Gasteiger charge is 2.38. The monoisotopic (exact) mass is 209 g/mol. The van der Waals surface area contributed by atoms with Crippen molar-refractivity contribution in [2.75, 3.05) is 6.61 Å². The lowest BCUT2D eigenvalue weighted by atomic mass is 9.88. The van der Waals surface area contributed by atoms with Crippen molar-refractivity contribution in [3.63, 3.8) is 0 Å². The van der Waals surface area contributed by atoms with Crippen LogP contribution in [0.2, 0.25) is 0 Å². The highest BCUT2D eigenvalue weighted by atomic mass is 16.5. The summed E-state index contributed by atoms with van der Waals surface area (Å²) in [6.07, 6.45) is 2.12. The maximum absolute atomic E-state index is 6.26. The first-order chi connectivity index (χ1) is 7.03. The van der Waals surface area contributed by atoms with Crippen LogP contribution in [0, 0.1) is 13.8 Å². The van der Waals surface area contributed by atoms with Crippen LogP contribution in [0.3, 0.4) is 0 Å². The Bertz CT molecular complexity index is 351. The summed E-state index contributed by atoms with van der Waals surface area (Å²) in [7, 11) is 0. The maximum atomic E-state index is 6.26. The van der Waals surface area contributed by atoms with Crippen LogP contribution < -0.4 is 5.73 Å². The molecule has 2 N–H and O–H groups in total. The second-order valence-electron chi connectivity index (χ2n) is 4.61. The number of hydrogen-bond donors (Lipinski definition) is 1. The predicted octanol–water partition coefficient (Wildman–Crippen LogP) is 2.47. The Morgan fingerprint density at radius 2 is 2.20 bits per heavy atom. The Balaban J connectivity index is 2.27. The van der Waals surface area contributed by atoms with Gasteiger partial charge in [-0.3, -0.25) is 0 Å². The minimum Gasteiger partial charge on any atom is -0.466 e. The molecule has 0 amide bonds. The predicted molar refractivity (Wildman–Crippen MR) is 58.7 cm³/mol. The zero-order valence-corrected chi connectivity index (χ0v) is 9.67. The molecule has 0 radical (unpaired) electrons. The van der Waals surface area contributed by atoms with Gasteiger partial charge in [0.2, 0.25) is 0 Å². The van der Waals surface area contributed by atoms with E-state index in [0.717, 1.165) is 36.5 Å². The lowest BCUT2D eigenvalue weighted by Crippen LogP contribution is -2.37. The van der Waals surface area contributed by atoms with E-state index in [9.17, 15) is 0 Å². The largest absolute Gasteiger partial charge is 0.466 e. The van der Waals surface area contributed by atoms with E-state index in [1.165, 1.54) is 0 Å². The molecular formula is C12H19NO2. The van der Waals surface area contributed by atoms with Crippen LogP contribution >= 0.6 is 0 Å². The normalized spacial score (nSPS) is 28.3. The molecule has 1 aromatic heterocycles. The summed E-state index contributed by atoms with van der Waals surface area (Å²) in [5.41, 5.74) is 7.12. The lowest BCUT2D eigenvalue weighted by Gasteiger charge is -2.30. The lowest BCUT2D eigenvalue weighted by molar-refractivity contribution is -0.00207. The van der Waals surface area contributed by atoms with Crippen LogP contribution in [0.15, 0.2) is 10.5 Å². The first-order valence-electron chi connectivity index (χ1n) is 5.49. The fraction of sp³-hybridized carbons (Fsp3) is 0.667. The van der Waals surface area contributed by atoms with Crippen molar-refractivity contribution in [2.45, 2.75) is 45.3 Å². The molecule has 1 aromatic rings. The molecule has 0 saturated carbocycles. The molecule has 1 fully saturated rings. The number of furan rings is 1. The second-order valence-corrected chi connectivity index (χ2v) is 4.61. The first-order valence-corrected chi connectivity index (χ1v) is 5.49. The summed E-state index contributed by atoms with van der Waals surface area (Å²) in [6.45, 7) is 6.81. The quantitative estimate of drug-likeness (QED) is 0.814. The van der Waals surface area contributed by atoms with Crippen molar-refractivity contribution in [2.24, 2.45) is 5.73 Å². The van der Waals surface area contributed by atoms with Gasteiger partial charge in [-0.1, -0.05) is 0 Å². The molecule has 2 unspecified atom stereocenters. The third-order valence-corrected chi connectivity index (χ3v) is 3.32. The van der Waals surface area contributed by atoms with Gasteiger partial charge >= 0.3 is 0 Å². The number of rotatable bonds is 2. The van der Waals surface area contributed by atoms with Crippen LogP contribution in [0.25, 0.3) is 0 Å². The number of nitrogens with two attached hydrogens (primary N) is 1. The van der Waals surface area contributed by atoms with Crippen molar-refractivity contribution >= 4 is 0 Å². The van der Waals surface area contributed by atoms with E-state index in [4.69, 9.17) is 14.9 Å². The molecule has 3 nitrogen and oxygen atoms in total. The molecule has 1 saturated heterocycles. The summed E-state index contributed by atoms with van der Waals surface area (Å²) in [6, 6.07) is 1.94. The van der Waals surface area contributed by atoms with Gasteiger partial charge in [-0.25, -0.2) is 0 Å². The Hall–Kier alpha value is -0.800. The minimum atomic E-state index is -0.221. The Morgan fingerprint density at radius 1 is 1.47 bits per heavy atom. The fourth-order valence-electron chi connectivity index (χ4n) is 2.33. The van der Waals surface area contributed by atoms with Crippen molar-refractivity contribution in [3.05, 3.63) is 23.2 Å². The average Bonchev–Trinajstić information content (AvgIpc) is 2.73. The van der Waals surface area contributed by atoms with Crippen molar-refractivity contribution < 1.29 is 9.15 Å². The van der Waals surface area contributed by atoms with Gasteiger partial charge in [0.05, 0.1) is 11.6 Å². The first kappa shape index (κ1) is 10.7. The molecule has 2 atom stereocenters. The third kappa shape index (κ3) is 1.82. The zero-order valence-electron chi connectivity index (χ0n) is 9.67. The SMILES string of the molecule is Cc1cc(C(N)C2(C)CCCO2)c(C)o1. The zero-order chi connectivity index (χ0) is 11.1. The highest BCUT2D eigenvalue weighted by Crippen LogP contribution is 2.37. The Labute approximate surface area is 90.6 Å². The highest BCUT2D eigenvalue weighted by molar-refractivity contribution is 5.26. The fourth-order valence-corrected chi connectivity index (χ4v) is 2.33. The summed E-state index contributed by atoms with van der Waals surface area (Å²) in [5, 5.41) is 0. The van der Waals surface area contributed by atoms with Crippen LogP contribution in [0.5, 0.6) is 0 Å². The van der Waals surface area contributed by atoms with E-state index in [1.54, 1.807) is 0 Å². The van der Waals surface area contributed by atoms with Crippen LogP contribution in [0.1, 0.15) is 42.9 Å². The van der Waals surface area contributed by atoms with E-state index in [0.29, 0.717) is 0 Å². The maximum Gasteiger partial charge on any atom is 0.105 e. The summed E-state index contributed by atoms with van der Waals surface area (Å²) < 4.78 is 11.3. The number of aryl methyl sites for hydroxylation is 2. The molecule has 15 heavy (non-hydrogen) atoms. The summed E-state index contributed by atoms with van der Waals surface area (Å²) in [5.74, 6) is 1.83. The van der Waals surface area contributed by atoms with Gasteiger partial charge in [-0.15, -0.1) is 0 Å². The minimum absolute atomic E-state index is 0.0857. The van der Waals surface area contributed by atoms with Crippen molar-refractivity contribution in [1.82, 2.24) is 0 Å². The third-order valence-electron chi connectivity index (χ3n) is 3.32. The molecule has 2 rings (SSSR count). The van der Waals surface area contributed by atoms with E-state index in [2.05, 4.69) is 6.92 Å². The summed E-state index contributed by atoms with van der Waals surface area (Å²) in [4.78, 5) is 0. The van der Waals surface area contributed by atoms with Gasteiger partial charge in [0.15, 0.2) is 0 Å². The molecule has 2 heterocycles. The van der Waals surface area contributed by atoms with Crippen LogP contribution in [-0.2, 0) is 4.74 Å². The molecule has 0 bridgehead atoms. The van der Waals surface area contributed by atoms with E-state index in [-0.39, 0.29) is 11.6 Å². The smallest absolute Gasteiger partial charge is 0.105 e. The molecule has 0 aliphatic carbocycles. The molecule has 1 aliphatic heterocycles. The number of ether oxygens (including phenoxy) is 1. The Kier molecular flexibility index (Phi) is 2.61. The van der Waals surface area contributed by atoms with Crippen molar-refractivity contribution in [3.8, 4) is 0 Å². The van der Waals surface area contributed by atoms with Gasteiger partial charge < -0.3 is 14.9 Å². The Morgan fingerprint density at radius 3 is 2.67 bits per heavy atom. The summed E-state index contributed by atoms with van der Waals surface area (Å²) >= 11 is 0. The van der Waals surface area contributed by atoms with Gasteiger partial charge in [-0.05, 0) is 39.7 Å². The molecule has 84 valence electrons. The van der Waals surface area contributed by atoms with Gasteiger partial charge in [0.1, 0.15) is 11.5 Å². The van der Waals surface area contributed by atoms with Crippen molar-refractivity contribution in [1.29, 1.82) is 0 Å². The topological polar surface area (TPSA) is 48.4 Å². The molecule has 3 heteroatoms. The molecular weight excluding hydrogens is 190 g/mol. The molecule has 1 aliphatic rings. The van der Waals surface area contributed by atoms with Crippen LogP contribution in [-0.4, -0.2) is 12.2 Å². The van der Waals surface area contributed by atoms with Gasteiger partial charge in [0, 0.05) is 12.2 Å². The second kappa shape index (κ2) is 3.65. The van der Waals surface area contributed by atoms with Gasteiger partial charge in [-0.2, -0.15) is 0 Å². The molecule has 0 spiro atoms. The van der Waals surface area contributed by atoms with E-state index < -0.39 is 0 Å². The van der Waals surface area contributed by atoms with Crippen LogP contribution in [0.4, 0.5) is 0 Å². The van der Waals surface area contributed by atoms with E-state index >= 15 is 0 Å².